The second-order valence-corrected chi connectivity index (χ2v) is 8.08. The Balaban J connectivity index is 0.00000385. The molecule has 0 spiro atoms. The zero-order chi connectivity index (χ0) is 23.1. The number of benzene rings is 2. The predicted octanol–water partition coefficient (Wildman–Crippen LogP) is 2.53. The fraction of sp³-hybridized carbons (Fsp3) is 0.435. The van der Waals surface area contributed by atoms with E-state index in [1.807, 2.05) is 0 Å². The van der Waals surface area contributed by atoms with Gasteiger partial charge in [-0.3, -0.25) is 4.79 Å². The molecule has 1 amide bonds. The highest BCUT2D eigenvalue weighted by molar-refractivity contribution is 6.33. The van der Waals surface area contributed by atoms with Gasteiger partial charge in [-0.25, -0.2) is 4.39 Å². The van der Waals surface area contributed by atoms with E-state index < -0.39 is 0 Å². The largest absolute Gasteiger partial charge is 0.496 e. The first kappa shape index (κ1) is 26.7. The second kappa shape index (κ2) is 12.6. The molecule has 8 nitrogen and oxygen atoms in total. The number of carbonyl (C=O) groups excluding carboxylic acids is 1. The van der Waals surface area contributed by atoms with Crippen LogP contribution in [0.2, 0.25) is 5.02 Å². The van der Waals surface area contributed by atoms with Gasteiger partial charge >= 0.3 is 0 Å². The van der Waals surface area contributed by atoms with Gasteiger partial charge in [0.05, 0.1) is 42.1 Å². The van der Waals surface area contributed by atoms with E-state index in [1.54, 1.807) is 25.3 Å². The van der Waals surface area contributed by atoms with Crippen LogP contribution in [0, 0.1) is 5.82 Å². The molecule has 0 bridgehead atoms. The summed E-state index contributed by atoms with van der Waals surface area (Å²) in [4.78, 5) is 15.1. The molecule has 0 aliphatic carbocycles. The van der Waals surface area contributed by atoms with Gasteiger partial charge < -0.3 is 35.6 Å². The Kier molecular flexibility index (Phi) is 10.2. The number of nitrogens with zero attached hydrogens (tertiary/aromatic N) is 1. The summed E-state index contributed by atoms with van der Waals surface area (Å²) in [6, 6.07) is 8.92. The van der Waals surface area contributed by atoms with Gasteiger partial charge in [0, 0.05) is 32.8 Å². The molecule has 0 saturated carbocycles. The highest BCUT2D eigenvalue weighted by Crippen LogP contribution is 2.29. The lowest BCUT2D eigenvalue weighted by atomic mass is 10.0. The number of hydrogen-bond donors (Lipinski definition) is 2. The average Bonchev–Trinajstić information content (AvgIpc) is 2.80. The molecule has 1 heterocycles. The van der Waals surface area contributed by atoms with E-state index in [1.165, 1.54) is 25.3 Å². The molecule has 0 radical (unpaired) electrons. The summed E-state index contributed by atoms with van der Waals surface area (Å²) in [6.07, 6.45) is 1.42. The van der Waals surface area contributed by atoms with Crippen molar-refractivity contribution in [2.45, 2.75) is 25.0 Å². The van der Waals surface area contributed by atoms with Crippen molar-refractivity contribution in [3.8, 4) is 11.5 Å². The molecule has 2 aromatic carbocycles. The number of methoxy groups -OCH3 is 2. The van der Waals surface area contributed by atoms with Crippen LogP contribution < -0.4 is 20.5 Å². The summed E-state index contributed by atoms with van der Waals surface area (Å²) in [5, 5.41) is 3.35. The lowest BCUT2D eigenvalue weighted by molar-refractivity contribution is 0.00527. The number of amides is 1. The maximum atomic E-state index is 12.9. The van der Waals surface area contributed by atoms with Crippen LogP contribution in [0.1, 0.15) is 23.2 Å². The summed E-state index contributed by atoms with van der Waals surface area (Å²) >= 11 is 6.09. The topological polar surface area (TPSA) is 118 Å². The van der Waals surface area contributed by atoms with E-state index in [-0.39, 0.29) is 29.3 Å². The number of anilines is 1. The molecule has 2 aromatic rings. The van der Waals surface area contributed by atoms with E-state index in [0.717, 1.165) is 25.9 Å². The number of rotatable bonds is 9. The number of halogens is 2. The zero-order valence-electron chi connectivity index (χ0n) is 18.8. The first-order valence-electron chi connectivity index (χ1n) is 10.5. The van der Waals surface area contributed by atoms with Crippen molar-refractivity contribution in [3.63, 3.8) is 0 Å². The van der Waals surface area contributed by atoms with E-state index in [0.29, 0.717) is 40.9 Å². The van der Waals surface area contributed by atoms with Gasteiger partial charge in [0.1, 0.15) is 17.3 Å². The van der Waals surface area contributed by atoms with Crippen molar-refractivity contribution >= 4 is 23.2 Å². The van der Waals surface area contributed by atoms with Crippen molar-refractivity contribution in [1.82, 2.24) is 10.2 Å². The lowest BCUT2D eigenvalue weighted by Gasteiger charge is -2.38. The van der Waals surface area contributed by atoms with Gasteiger partial charge in [-0.1, -0.05) is 11.6 Å². The fourth-order valence-corrected chi connectivity index (χ4v) is 3.92. The first-order valence-corrected chi connectivity index (χ1v) is 10.9. The first-order chi connectivity index (χ1) is 15.4. The Morgan fingerprint density at radius 3 is 2.67 bits per heavy atom. The van der Waals surface area contributed by atoms with Gasteiger partial charge in [0.15, 0.2) is 0 Å². The Labute approximate surface area is 198 Å². The number of nitrogens with two attached hydrogens (primary N) is 1. The van der Waals surface area contributed by atoms with Crippen molar-refractivity contribution < 1.29 is 28.9 Å². The van der Waals surface area contributed by atoms with E-state index in [2.05, 4.69) is 10.2 Å². The molecular weight excluding hydrogens is 453 g/mol. The van der Waals surface area contributed by atoms with Crippen LogP contribution in [-0.4, -0.2) is 68.9 Å². The standard InChI is InChI=1S/C23H29ClFN3O4.H2O/c1-30-21-13-19(26)18(24)12-17(21)23(29)27-20-8-10-28(14-22(20)31-2)9-3-11-32-16-6-4-15(25)5-7-16;/h4-7,12-13,20,22H,3,8-11,14,26H2,1-2H3,(H,27,29);1H2/t20-,22?;/m0./s1. The van der Waals surface area contributed by atoms with Crippen LogP contribution in [0.3, 0.4) is 0 Å². The predicted molar refractivity (Wildman–Crippen MR) is 126 cm³/mol. The fourth-order valence-electron chi connectivity index (χ4n) is 3.76. The minimum Gasteiger partial charge on any atom is -0.496 e. The third-order valence-corrected chi connectivity index (χ3v) is 5.85. The molecule has 1 saturated heterocycles. The summed E-state index contributed by atoms with van der Waals surface area (Å²) in [5.74, 6) is 0.463. The molecule has 3 rings (SSSR count). The Bertz CT molecular complexity index is 916. The third-order valence-electron chi connectivity index (χ3n) is 5.53. The number of piperidine rings is 1. The monoisotopic (exact) mass is 483 g/mol. The average molecular weight is 484 g/mol. The SMILES string of the molecule is COc1cc(N)c(Cl)cc1C(=O)N[C@H]1CCN(CCCOc2ccc(F)cc2)CC1OC.O. The van der Waals surface area contributed by atoms with Crippen LogP contribution in [-0.2, 0) is 4.74 Å². The van der Waals surface area contributed by atoms with Crippen molar-refractivity contribution in [2.75, 3.05) is 46.2 Å². The number of carbonyl (C=O) groups is 1. The van der Waals surface area contributed by atoms with Crippen LogP contribution in [0.4, 0.5) is 10.1 Å². The second-order valence-electron chi connectivity index (χ2n) is 7.67. The Morgan fingerprint density at radius 2 is 2.00 bits per heavy atom. The Morgan fingerprint density at radius 1 is 1.27 bits per heavy atom. The molecule has 182 valence electrons. The minimum atomic E-state index is -0.282. The molecule has 0 aromatic heterocycles. The van der Waals surface area contributed by atoms with Gasteiger partial charge in [0.25, 0.3) is 5.91 Å². The Hall–Kier alpha value is -2.59. The lowest BCUT2D eigenvalue weighted by Crippen LogP contribution is -2.55. The summed E-state index contributed by atoms with van der Waals surface area (Å²) in [6.45, 7) is 2.89. The van der Waals surface area contributed by atoms with Crippen LogP contribution in [0.25, 0.3) is 0 Å². The third kappa shape index (κ3) is 7.20. The van der Waals surface area contributed by atoms with Gasteiger partial charge in [-0.15, -0.1) is 0 Å². The van der Waals surface area contributed by atoms with Crippen LogP contribution in [0.5, 0.6) is 11.5 Å². The molecule has 2 atom stereocenters. The van der Waals surface area contributed by atoms with Gasteiger partial charge in [-0.2, -0.15) is 0 Å². The summed E-state index contributed by atoms with van der Waals surface area (Å²) < 4.78 is 29.5. The smallest absolute Gasteiger partial charge is 0.255 e. The quantitative estimate of drug-likeness (QED) is 0.418. The molecule has 1 unspecified atom stereocenters. The number of likely N-dealkylation sites (tertiary alicyclic amines) is 1. The van der Waals surface area contributed by atoms with Gasteiger partial charge in [-0.05, 0) is 43.2 Å². The van der Waals surface area contributed by atoms with Crippen LogP contribution >= 0.6 is 11.6 Å². The number of ether oxygens (including phenoxy) is 3. The van der Waals surface area contributed by atoms with Gasteiger partial charge in [0.2, 0.25) is 0 Å². The maximum Gasteiger partial charge on any atom is 0.255 e. The minimum absolute atomic E-state index is 0. The number of nitrogens with one attached hydrogen (secondary N) is 1. The van der Waals surface area contributed by atoms with Crippen molar-refractivity contribution in [2.24, 2.45) is 0 Å². The van der Waals surface area contributed by atoms with Crippen LogP contribution in [0.15, 0.2) is 36.4 Å². The highest BCUT2D eigenvalue weighted by Gasteiger charge is 2.31. The van der Waals surface area contributed by atoms with E-state index >= 15 is 0 Å². The highest BCUT2D eigenvalue weighted by atomic mass is 35.5. The molecule has 5 N–H and O–H groups in total. The molecule has 33 heavy (non-hydrogen) atoms. The number of hydrogen-bond acceptors (Lipinski definition) is 6. The normalized spacial score (nSPS) is 18.3. The van der Waals surface area contributed by atoms with E-state index in [4.69, 9.17) is 31.5 Å². The zero-order valence-corrected chi connectivity index (χ0v) is 19.5. The molecular formula is C23H31ClFN3O5. The van der Waals surface area contributed by atoms with Crippen molar-refractivity contribution in [1.29, 1.82) is 0 Å². The summed E-state index contributed by atoms with van der Waals surface area (Å²) in [7, 11) is 3.13. The number of nitrogen functional groups attached to an aromatic ring is 1. The summed E-state index contributed by atoms with van der Waals surface area (Å²) in [5.41, 5.74) is 6.49. The molecule has 10 heteroatoms. The van der Waals surface area contributed by atoms with Crippen molar-refractivity contribution in [3.05, 3.63) is 52.8 Å². The maximum absolute atomic E-state index is 12.9. The molecule has 1 aliphatic heterocycles. The molecule has 1 fully saturated rings. The van der Waals surface area contributed by atoms with E-state index in [9.17, 15) is 9.18 Å². The molecule has 1 aliphatic rings.